The average Bonchev–Trinajstić information content (AvgIpc) is 2.42. The number of hydrogen-bond donors (Lipinski definition) is 1. The Morgan fingerprint density at radius 2 is 1.70 bits per heavy atom. The van der Waals surface area contributed by atoms with Gasteiger partial charge >= 0.3 is 0 Å². The van der Waals surface area contributed by atoms with E-state index in [1.165, 1.54) is 24.3 Å². The smallest absolute Gasteiger partial charge is 0.124 e. The molecule has 0 aliphatic heterocycles. The average molecular weight is 297 g/mol. The summed E-state index contributed by atoms with van der Waals surface area (Å²) in [5.74, 6) is -0.690. The quantitative estimate of drug-likeness (QED) is 0.931. The van der Waals surface area contributed by atoms with Gasteiger partial charge in [-0.15, -0.1) is 0 Å². The van der Waals surface area contributed by atoms with E-state index < -0.39 is 0 Å². The molecular formula is C15H15ClF2N2. The molecule has 0 saturated carbocycles. The molecule has 2 nitrogen and oxygen atoms in total. The third kappa shape index (κ3) is 3.08. The maximum absolute atomic E-state index is 13.1. The summed E-state index contributed by atoms with van der Waals surface area (Å²) >= 11 is 6.08. The Labute approximate surface area is 121 Å². The Hall–Kier alpha value is -1.65. The van der Waals surface area contributed by atoms with Crippen molar-refractivity contribution in [2.45, 2.75) is 6.04 Å². The van der Waals surface area contributed by atoms with E-state index in [9.17, 15) is 8.78 Å². The molecule has 0 heterocycles. The lowest BCUT2D eigenvalue weighted by Crippen LogP contribution is -2.30. The zero-order valence-electron chi connectivity index (χ0n) is 11.0. The molecule has 0 aliphatic carbocycles. The molecule has 0 amide bonds. The van der Waals surface area contributed by atoms with Crippen LogP contribution in [0.1, 0.15) is 11.6 Å². The lowest BCUT2D eigenvalue weighted by atomic mass is 10.0. The highest BCUT2D eigenvalue weighted by Crippen LogP contribution is 2.30. The van der Waals surface area contributed by atoms with E-state index in [0.717, 1.165) is 11.3 Å². The molecule has 0 fully saturated rings. The van der Waals surface area contributed by atoms with Gasteiger partial charge in [-0.1, -0.05) is 17.7 Å². The molecule has 0 bridgehead atoms. The van der Waals surface area contributed by atoms with Crippen LogP contribution in [0.5, 0.6) is 0 Å². The van der Waals surface area contributed by atoms with Crippen LogP contribution in [0, 0.1) is 11.6 Å². The molecule has 1 unspecified atom stereocenters. The number of rotatable bonds is 4. The minimum Gasteiger partial charge on any atom is -0.366 e. The van der Waals surface area contributed by atoms with Gasteiger partial charge in [0.05, 0.1) is 6.04 Å². The number of hydrogen-bond acceptors (Lipinski definition) is 2. The van der Waals surface area contributed by atoms with Crippen molar-refractivity contribution in [2.75, 3.05) is 18.5 Å². The highest BCUT2D eigenvalue weighted by molar-refractivity contribution is 6.31. The first-order valence-corrected chi connectivity index (χ1v) is 6.54. The van der Waals surface area contributed by atoms with Crippen molar-refractivity contribution >= 4 is 17.3 Å². The Balaban J connectivity index is 2.33. The van der Waals surface area contributed by atoms with E-state index in [1.54, 1.807) is 18.2 Å². The predicted molar refractivity (Wildman–Crippen MR) is 78.0 cm³/mol. The van der Waals surface area contributed by atoms with E-state index in [1.807, 2.05) is 11.9 Å². The second-order valence-corrected chi connectivity index (χ2v) is 4.91. The molecule has 2 aromatic rings. The fraction of sp³-hybridized carbons (Fsp3) is 0.200. The summed E-state index contributed by atoms with van der Waals surface area (Å²) in [6, 6.07) is 10.1. The maximum Gasteiger partial charge on any atom is 0.124 e. The topological polar surface area (TPSA) is 29.3 Å². The van der Waals surface area contributed by atoms with Crippen LogP contribution in [0.15, 0.2) is 42.5 Å². The van der Waals surface area contributed by atoms with Crippen molar-refractivity contribution < 1.29 is 8.78 Å². The van der Waals surface area contributed by atoms with Crippen molar-refractivity contribution in [3.8, 4) is 0 Å². The molecule has 106 valence electrons. The molecule has 20 heavy (non-hydrogen) atoms. The molecule has 0 aromatic heterocycles. The summed E-state index contributed by atoms with van der Waals surface area (Å²) in [6.45, 7) is 0.305. The highest BCUT2D eigenvalue weighted by atomic mass is 35.5. The second kappa shape index (κ2) is 6.20. The van der Waals surface area contributed by atoms with Crippen molar-refractivity contribution in [1.29, 1.82) is 0 Å². The third-order valence-corrected chi connectivity index (χ3v) is 3.57. The number of likely N-dealkylation sites (N-methyl/N-ethyl adjacent to an activating group) is 1. The van der Waals surface area contributed by atoms with Gasteiger partial charge in [0.1, 0.15) is 11.6 Å². The fourth-order valence-corrected chi connectivity index (χ4v) is 2.41. The molecule has 0 saturated heterocycles. The largest absolute Gasteiger partial charge is 0.366 e. The predicted octanol–water partition coefficient (Wildman–Crippen LogP) is 3.75. The van der Waals surface area contributed by atoms with Crippen LogP contribution in [0.4, 0.5) is 14.5 Å². The van der Waals surface area contributed by atoms with Gasteiger partial charge in [-0.3, -0.25) is 0 Å². The summed E-state index contributed by atoms with van der Waals surface area (Å²) in [4.78, 5) is 1.89. The Kier molecular flexibility index (Phi) is 4.57. The highest BCUT2D eigenvalue weighted by Gasteiger charge is 2.19. The van der Waals surface area contributed by atoms with Gasteiger partial charge in [0, 0.05) is 24.3 Å². The first-order chi connectivity index (χ1) is 9.52. The molecule has 0 aliphatic rings. The van der Waals surface area contributed by atoms with Crippen LogP contribution in [0.2, 0.25) is 5.02 Å². The summed E-state index contributed by atoms with van der Waals surface area (Å²) in [5.41, 5.74) is 7.36. The van der Waals surface area contributed by atoms with Crippen molar-refractivity contribution in [3.05, 3.63) is 64.7 Å². The van der Waals surface area contributed by atoms with Gasteiger partial charge in [0.25, 0.3) is 0 Å². The molecule has 2 rings (SSSR count). The van der Waals surface area contributed by atoms with Crippen LogP contribution in [-0.4, -0.2) is 13.6 Å². The Morgan fingerprint density at radius 3 is 2.25 bits per heavy atom. The van der Waals surface area contributed by atoms with Crippen LogP contribution < -0.4 is 10.6 Å². The minimum absolute atomic E-state index is 0.214. The molecule has 2 aromatic carbocycles. The monoisotopic (exact) mass is 296 g/mol. The molecular weight excluding hydrogens is 282 g/mol. The lowest BCUT2D eigenvalue weighted by molar-refractivity contribution is 0.621. The molecule has 2 N–H and O–H groups in total. The zero-order chi connectivity index (χ0) is 14.7. The van der Waals surface area contributed by atoms with Gasteiger partial charge in [-0.25, -0.2) is 8.78 Å². The SMILES string of the molecule is CN(c1ccc(F)cc1)C(CN)c1ccc(F)cc1Cl. The Bertz CT molecular complexity index is 587. The summed E-state index contributed by atoms with van der Waals surface area (Å²) in [7, 11) is 1.84. The summed E-state index contributed by atoms with van der Waals surface area (Å²) in [6.07, 6.45) is 0. The number of nitrogens with zero attached hydrogens (tertiary/aromatic N) is 1. The molecule has 1 atom stereocenters. The fourth-order valence-electron chi connectivity index (χ4n) is 2.12. The van der Waals surface area contributed by atoms with Gasteiger partial charge in [0.15, 0.2) is 0 Å². The third-order valence-electron chi connectivity index (χ3n) is 3.25. The van der Waals surface area contributed by atoms with E-state index in [2.05, 4.69) is 0 Å². The lowest BCUT2D eigenvalue weighted by Gasteiger charge is -2.30. The van der Waals surface area contributed by atoms with Crippen LogP contribution in [0.25, 0.3) is 0 Å². The van der Waals surface area contributed by atoms with E-state index in [-0.39, 0.29) is 17.7 Å². The Morgan fingerprint density at radius 1 is 1.10 bits per heavy atom. The summed E-state index contributed by atoms with van der Waals surface area (Å²) < 4.78 is 26.1. The van der Waals surface area contributed by atoms with Gasteiger partial charge in [-0.2, -0.15) is 0 Å². The second-order valence-electron chi connectivity index (χ2n) is 4.50. The minimum atomic E-state index is -0.390. The number of nitrogens with two attached hydrogens (primary N) is 1. The van der Waals surface area contributed by atoms with Gasteiger partial charge < -0.3 is 10.6 Å². The van der Waals surface area contributed by atoms with Crippen molar-refractivity contribution in [1.82, 2.24) is 0 Å². The number of benzene rings is 2. The van der Waals surface area contributed by atoms with Gasteiger partial charge in [0.2, 0.25) is 0 Å². The zero-order valence-corrected chi connectivity index (χ0v) is 11.7. The van der Waals surface area contributed by atoms with Crippen molar-refractivity contribution in [3.63, 3.8) is 0 Å². The van der Waals surface area contributed by atoms with Crippen molar-refractivity contribution in [2.24, 2.45) is 5.73 Å². The molecule has 0 spiro atoms. The standard InChI is InChI=1S/C15H15ClF2N2/c1-20(12-5-2-10(17)3-6-12)15(9-19)13-7-4-11(18)8-14(13)16/h2-8,15H,9,19H2,1H3. The number of halogens is 3. The van der Waals surface area contributed by atoms with Crippen LogP contribution in [-0.2, 0) is 0 Å². The van der Waals surface area contributed by atoms with E-state index in [0.29, 0.717) is 11.6 Å². The van der Waals surface area contributed by atoms with E-state index in [4.69, 9.17) is 17.3 Å². The van der Waals surface area contributed by atoms with Crippen LogP contribution in [0.3, 0.4) is 0 Å². The first kappa shape index (κ1) is 14.8. The normalized spacial score (nSPS) is 12.2. The van der Waals surface area contributed by atoms with Crippen LogP contribution >= 0.6 is 11.6 Å². The molecule has 0 radical (unpaired) electrons. The van der Waals surface area contributed by atoms with E-state index >= 15 is 0 Å². The maximum atomic E-state index is 13.1. The summed E-state index contributed by atoms with van der Waals surface area (Å²) in [5, 5.41) is 0.328. The first-order valence-electron chi connectivity index (χ1n) is 6.16. The molecule has 5 heteroatoms. The van der Waals surface area contributed by atoms with Gasteiger partial charge in [-0.05, 0) is 42.0 Å². The number of anilines is 1.